The third-order valence-corrected chi connectivity index (χ3v) is 6.04. The first-order valence-electron chi connectivity index (χ1n) is 11.0. The van der Waals surface area contributed by atoms with Crippen molar-refractivity contribution in [2.45, 2.75) is 32.7 Å². The molecule has 1 atom stereocenters. The van der Waals surface area contributed by atoms with E-state index in [0.29, 0.717) is 32.5 Å². The zero-order valence-electron chi connectivity index (χ0n) is 18.7. The molecule has 0 saturated carbocycles. The number of rotatable bonds is 7. The molecule has 2 amide bonds. The second kappa shape index (κ2) is 10.8. The molecule has 0 bridgehead atoms. The number of carbonyl (C=O) groups excluding carboxylic acids is 2. The Morgan fingerprint density at radius 3 is 2.48 bits per heavy atom. The molecule has 3 rings (SSSR count). The standard InChI is InChI=1S/C26H32N2O3/c1-4-28(20(2)23-11-8-12-24(19-23)31-3)26(30)22-15-17-27(18-16-22)25(29)14-13-21-9-6-5-7-10-21/h5-14,19-20,22H,4,15-18H2,1-3H3. The number of benzene rings is 2. The minimum atomic E-state index is -0.0461. The number of hydrogen-bond donors (Lipinski definition) is 0. The van der Waals surface area contributed by atoms with Crippen LogP contribution in [0.5, 0.6) is 5.75 Å². The van der Waals surface area contributed by atoms with Gasteiger partial charge in [-0.25, -0.2) is 0 Å². The van der Waals surface area contributed by atoms with Crippen LogP contribution < -0.4 is 4.74 Å². The fourth-order valence-electron chi connectivity index (χ4n) is 4.12. The summed E-state index contributed by atoms with van der Waals surface area (Å²) in [5, 5.41) is 0. The van der Waals surface area contributed by atoms with Crippen LogP contribution in [0.3, 0.4) is 0 Å². The number of ether oxygens (including phenoxy) is 1. The third-order valence-electron chi connectivity index (χ3n) is 6.04. The fourth-order valence-corrected chi connectivity index (χ4v) is 4.12. The molecule has 0 aromatic heterocycles. The molecule has 1 aliphatic heterocycles. The summed E-state index contributed by atoms with van der Waals surface area (Å²) in [6, 6.07) is 17.7. The summed E-state index contributed by atoms with van der Waals surface area (Å²) in [7, 11) is 1.65. The molecule has 5 nitrogen and oxygen atoms in total. The SMILES string of the molecule is CCN(C(=O)C1CCN(C(=O)C=Cc2ccccc2)CC1)C(C)c1cccc(OC)c1. The Balaban J connectivity index is 1.58. The number of amides is 2. The first-order chi connectivity index (χ1) is 15.0. The van der Waals surface area contributed by atoms with Crippen molar-refractivity contribution < 1.29 is 14.3 Å². The molecule has 1 aliphatic rings. The molecule has 5 heteroatoms. The molecule has 1 fully saturated rings. The second-order valence-corrected chi connectivity index (χ2v) is 7.92. The van der Waals surface area contributed by atoms with Crippen molar-refractivity contribution in [1.82, 2.24) is 9.80 Å². The maximum Gasteiger partial charge on any atom is 0.246 e. The van der Waals surface area contributed by atoms with E-state index in [1.807, 2.05) is 77.4 Å². The molecule has 31 heavy (non-hydrogen) atoms. The summed E-state index contributed by atoms with van der Waals surface area (Å²) in [5.41, 5.74) is 2.07. The number of nitrogens with zero attached hydrogens (tertiary/aromatic N) is 2. The van der Waals surface area contributed by atoms with Gasteiger partial charge in [0, 0.05) is 31.6 Å². The van der Waals surface area contributed by atoms with Crippen molar-refractivity contribution in [3.63, 3.8) is 0 Å². The first kappa shape index (κ1) is 22.6. The number of hydrogen-bond acceptors (Lipinski definition) is 3. The van der Waals surface area contributed by atoms with E-state index in [9.17, 15) is 9.59 Å². The van der Waals surface area contributed by atoms with Gasteiger partial charge in [-0.1, -0.05) is 42.5 Å². The lowest BCUT2D eigenvalue weighted by molar-refractivity contribution is -0.141. The minimum Gasteiger partial charge on any atom is -0.497 e. The quantitative estimate of drug-likeness (QED) is 0.617. The van der Waals surface area contributed by atoms with Gasteiger partial charge in [0.1, 0.15) is 5.75 Å². The Hall–Kier alpha value is -3.08. The minimum absolute atomic E-state index is 0.00634. The van der Waals surface area contributed by atoms with Crippen molar-refractivity contribution in [2.24, 2.45) is 5.92 Å². The summed E-state index contributed by atoms with van der Waals surface area (Å²) in [5.74, 6) is 0.926. The van der Waals surface area contributed by atoms with Gasteiger partial charge in [0.15, 0.2) is 0 Å². The van der Waals surface area contributed by atoms with Crippen LogP contribution in [0.1, 0.15) is 43.9 Å². The third kappa shape index (κ3) is 5.75. The lowest BCUT2D eigenvalue weighted by Crippen LogP contribution is -2.44. The van der Waals surface area contributed by atoms with E-state index in [4.69, 9.17) is 4.74 Å². The highest BCUT2D eigenvalue weighted by Gasteiger charge is 2.31. The van der Waals surface area contributed by atoms with Crippen molar-refractivity contribution >= 4 is 17.9 Å². The van der Waals surface area contributed by atoms with Crippen LogP contribution in [0.15, 0.2) is 60.7 Å². The molecule has 2 aromatic rings. The van der Waals surface area contributed by atoms with Crippen molar-refractivity contribution in [2.75, 3.05) is 26.7 Å². The smallest absolute Gasteiger partial charge is 0.246 e. The van der Waals surface area contributed by atoms with E-state index in [0.717, 1.165) is 16.9 Å². The van der Waals surface area contributed by atoms with Crippen LogP contribution >= 0.6 is 0 Å². The molecular weight excluding hydrogens is 388 g/mol. The van der Waals surface area contributed by atoms with E-state index in [2.05, 4.69) is 6.92 Å². The molecular formula is C26H32N2O3. The zero-order valence-corrected chi connectivity index (χ0v) is 18.7. The molecule has 0 aliphatic carbocycles. The highest BCUT2D eigenvalue weighted by atomic mass is 16.5. The van der Waals surface area contributed by atoms with E-state index in [-0.39, 0.29) is 23.8 Å². The Bertz CT molecular complexity index is 902. The zero-order chi connectivity index (χ0) is 22.2. The molecule has 0 N–H and O–H groups in total. The molecule has 1 unspecified atom stereocenters. The number of piperidine rings is 1. The Morgan fingerprint density at radius 2 is 1.84 bits per heavy atom. The summed E-state index contributed by atoms with van der Waals surface area (Å²) >= 11 is 0. The van der Waals surface area contributed by atoms with Crippen LogP contribution in [0.2, 0.25) is 0 Å². The lowest BCUT2D eigenvalue weighted by Gasteiger charge is -2.36. The predicted octanol–water partition coefficient (Wildman–Crippen LogP) is 4.56. The Labute approximate surface area is 185 Å². The van der Waals surface area contributed by atoms with Crippen LogP contribution in [0.4, 0.5) is 0 Å². The Kier molecular flexibility index (Phi) is 7.88. The highest BCUT2D eigenvalue weighted by Crippen LogP contribution is 2.28. The largest absolute Gasteiger partial charge is 0.497 e. The molecule has 1 heterocycles. The van der Waals surface area contributed by atoms with Gasteiger partial charge in [0.25, 0.3) is 0 Å². The summed E-state index contributed by atoms with van der Waals surface area (Å²) in [6.07, 6.45) is 4.87. The molecule has 0 spiro atoms. The van der Waals surface area contributed by atoms with Gasteiger partial charge in [-0.15, -0.1) is 0 Å². The summed E-state index contributed by atoms with van der Waals surface area (Å²) < 4.78 is 5.33. The highest BCUT2D eigenvalue weighted by molar-refractivity contribution is 5.92. The maximum absolute atomic E-state index is 13.3. The lowest BCUT2D eigenvalue weighted by atomic mass is 9.93. The van der Waals surface area contributed by atoms with Crippen molar-refractivity contribution in [3.8, 4) is 5.75 Å². The summed E-state index contributed by atoms with van der Waals surface area (Å²) in [4.78, 5) is 29.6. The van der Waals surface area contributed by atoms with Gasteiger partial charge < -0.3 is 14.5 Å². The summed E-state index contributed by atoms with van der Waals surface area (Å²) in [6.45, 7) is 5.94. The van der Waals surface area contributed by atoms with Crippen LogP contribution in [-0.4, -0.2) is 48.4 Å². The van der Waals surface area contributed by atoms with E-state index >= 15 is 0 Å². The number of methoxy groups -OCH3 is 1. The van der Waals surface area contributed by atoms with Crippen LogP contribution in [-0.2, 0) is 9.59 Å². The van der Waals surface area contributed by atoms with Gasteiger partial charge in [-0.05, 0) is 56.0 Å². The van der Waals surface area contributed by atoms with E-state index in [1.54, 1.807) is 13.2 Å². The van der Waals surface area contributed by atoms with E-state index in [1.165, 1.54) is 0 Å². The topological polar surface area (TPSA) is 49.9 Å². The average molecular weight is 421 g/mol. The van der Waals surface area contributed by atoms with Crippen LogP contribution in [0, 0.1) is 5.92 Å². The number of carbonyl (C=O) groups is 2. The number of likely N-dealkylation sites (tertiary alicyclic amines) is 1. The first-order valence-corrected chi connectivity index (χ1v) is 11.0. The predicted molar refractivity (Wildman–Crippen MR) is 124 cm³/mol. The molecule has 1 saturated heterocycles. The van der Waals surface area contributed by atoms with Crippen LogP contribution in [0.25, 0.3) is 6.08 Å². The normalized spacial score (nSPS) is 15.6. The average Bonchev–Trinajstić information content (AvgIpc) is 2.83. The van der Waals surface area contributed by atoms with Crippen molar-refractivity contribution in [1.29, 1.82) is 0 Å². The monoisotopic (exact) mass is 420 g/mol. The van der Waals surface area contributed by atoms with Gasteiger partial charge in [-0.3, -0.25) is 9.59 Å². The second-order valence-electron chi connectivity index (χ2n) is 7.92. The Morgan fingerprint density at radius 1 is 1.13 bits per heavy atom. The van der Waals surface area contributed by atoms with Gasteiger partial charge in [-0.2, -0.15) is 0 Å². The van der Waals surface area contributed by atoms with Gasteiger partial charge >= 0.3 is 0 Å². The van der Waals surface area contributed by atoms with Gasteiger partial charge in [0.2, 0.25) is 11.8 Å². The maximum atomic E-state index is 13.3. The molecule has 164 valence electrons. The molecule has 2 aromatic carbocycles. The fraction of sp³-hybridized carbons (Fsp3) is 0.385. The van der Waals surface area contributed by atoms with Gasteiger partial charge in [0.05, 0.1) is 13.2 Å². The van der Waals surface area contributed by atoms with Crippen molar-refractivity contribution in [3.05, 3.63) is 71.8 Å². The molecule has 0 radical (unpaired) electrons. The van der Waals surface area contributed by atoms with E-state index < -0.39 is 0 Å².